The van der Waals surface area contributed by atoms with E-state index < -0.39 is 10.0 Å². The molecule has 0 fully saturated rings. The number of aryl methyl sites for hydroxylation is 1. The number of rotatable bonds is 7. The fourth-order valence-electron chi connectivity index (χ4n) is 2.04. The monoisotopic (exact) mass is 285 g/mol. The summed E-state index contributed by atoms with van der Waals surface area (Å²) in [5.74, 6) is 0.738. The molecule has 1 aromatic rings. The summed E-state index contributed by atoms with van der Waals surface area (Å²) in [7, 11) is -3.45. The molecule has 5 heteroatoms. The van der Waals surface area contributed by atoms with Crippen LogP contribution < -0.4 is 9.88 Å². The molecule has 19 heavy (non-hydrogen) atoms. The molecule has 0 radical (unpaired) electrons. The first-order valence-corrected chi connectivity index (χ1v) is 8.24. The minimum absolute atomic E-state index is 0.0221. The van der Waals surface area contributed by atoms with Crippen LogP contribution in [0.2, 0.25) is 0 Å². The Labute approximate surface area is 116 Å². The topological polar surface area (TPSA) is 69.4 Å². The molecule has 2 N–H and O–H groups in total. The summed E-state index contributed by atoms with van der Waals surface area (Å²) in [6, 6.07) is 5.87. The molecule has 0 aromatic heterocycles. The van der Waals surface area contributed by atoms with Gasteiger partial charge in [-0.15, -0.1) is 0 Å². The van der Waals surface area contributed by atoms with Gasteiger partial charge in [0.15, 0.2) is 0 Å². The minimum atomic E-state index is -3.45. The van der Waals surface area contributed by atoms with Crippen molar-refractivity contribution in [2.75, 3.05) is 12.4 Å². The highest BCUT2D eigenvalue weighted by Gasteiger charge is 2.16. The molecule has 0 aliphatic carbocycles. The van der Waals surface area contributed by atoms with Gasteiger partial charge < -0.3 is 4.74 Å². The van der Waals surface area contributed by atoms with Gasteiger partial charge >= 0.3 is 0 Å². The van der Waals surface area contributed by atoms with Crippen molar-refractivity contribution in [1.82, 2.24) is 0 Å². The molecule has 0 saturated carbocycles. The van der Waals surface area contributed by atoms with Gasteiger partial charge in [-0.1, -0.05) is 25.5 Å². The highest BCUT2D eigenvalue weighted by Crippen LogP contribution is 2.22. The maximum atomic E-state index is 11.2. The third-order valence-corrected chi connectivity index (χ3v) is 4.13. The highest BCUT2D eigenvalue weighted by atomic mass is 32.2. The SMILES string of the molecule is CCCC(COc1cccc(C)c1C)CS(N)(=O)=O. The first-order valence-electron chi connectivity index (χ1n) is 6.53. The van der Waals surface area contributed by atoms with Gasteiger partial charge in [-0.05, 0) is 37.5 Å². The zero-order chi connectivity index (χ0) is 14.5. The fourth-order valence-corrected chi connectivity index (χ4v) is 2.96. The lowest BCUT2D eigenvalue weighted by molar-refractivity contribution is 0.251. The van der Waals surface area contributed by atoms with Crippen LogP contribution in [0.25, 0.3) is 0 Å². The van der Waals surface area contributed by atoms with E-state index >= 15 is 0 Å². The van der Waals surface area contributed by atoms with E-state index in [1.165, 1.54) is 0 Å². The number of hydrogen-bond donors (Lipinski definition) is 1. The summed E-state index contributed by atoms with van der Waals surface area (Å²) >= 11 is 0. The smallest absolute Gasteiger partial charge is 0.209 e. The number of primary sulfonamides is 1. The van der Waals surface area contributed by atoms with Crippen molar-refractivity contribution < 1.29 is 13.2 Å². The largest absolute Gasteiger partial charge is 0.493 e. The summed E-state index contributed by atoms with van der Waals surface area (Å²) in [4.78, 5) is 0. The zero-order valence-electron chi connectivity index (χ0n) is 11.8. The van der Waals surface area contributed by atoms with Crippen LogP contribution in [0.5, 0.6) is 5.75 Å². The Kier molecular flexibility index (Phi) is 5.82. The second kappa shape index (κ2) is 6.91. The first kappa shape index (κ1) is 16.0. The van der Waals surface area contributed by atoms with E-state index in [9.17, 15) is 8.42 Å². The number of ether oxygens (including phenoxy) is 1. The zero-order valence-corrected chi connectivity index (χ0v) is 12.7. The molecule has 1 aromatic carbocycles. The van der Waals surface area contributed by atoms with Crippen LogP contribution in [-0.4, -0.2) is 20.8 Å². The maximum absolute atomic E-state index is 11.2. The summed E-state index contributed by atoms with van der Waals surface area (Å²) in [5.41, 5.74) is 2.25. The van der Waals surface area contributed by atoms with Gasteiger partial charge in [-0.3, -0.25) is 0 Å². The van der Waals surface area contributed by atoms with Crippen molar-refractivity contribution in [2.45, 2.75) is 33.6 Å². The van der Waals surface area contributed by atoms with E-state index in [4.69, 9.17) is 9.88 Å². The van der Waals surface area contributed by atoms with E-state index in [1.54, 1.807) is 0 Å². The summed E-state index contributed by atoms with van der Waals surface area (Å²) in [5, 5.41) is 5.11. The van der Waals surface area contributed by atoms with Crippen LogP contribution in [0, 0.1) is 19.8 Å². The number of sulfonamides is 1. The lowest BCUT2D eigenvalue weighted by Crippen LogP contribution is -2.27. The Balaban J connectivity index is 2.68. The molecule has 0 amide bonds. The van der Waals surface area contributed by atoms with Crippen LogP contribution in [0.4, 0.5) is 0 Å². The third-order valence-electron chi connectivity index (χ3n) is 3.19. The van der Waals surface area contributed by atoms with Crippen LogP contribution in [0.1, 0.15) is 30.9 Å². The molecule has 0 bridgehead atoms. The van der Waals surface area contributed by atoms with Gasteiger partial charge in [0.2, 0.25) is 10.0 Å². The Hall–Kier alpha value is -1.07. The number of nitrogens with two attached hydrogens (primary N) is 1. The van der Waals surface area contributed by atoms with Gasteiger partial charge in [0, 0.05) is 5.92 Å². The van der Waals surface area contributed by atoms with Crippen LogP contribution in [-0.2, 0) is 10.0 Å². The van der Waals surface area contributed by atoms with Gasteiger partial charge in [0.05, 0.1) is 12.4 Å². The van der Waals surface area contributed by atoms with Crippen molar-refractivity contribution in [3.05, 3.63) is 29.3 Å². The molecule has 1 atom stereocenters. The standard InChI is InChI=1S/C14H23NO3S/c1-4-6-13(10-19(15,16)17)9-18-14-8-5-7-11(2)12(14)3/h5,7-8,13H,4,6,9-10H2,1-3H3,(H2,15,16,17). The van der Waals surface area contributed by atoms with E-state index in [0.717, 1.165) is 29.7 Å². The molecule has 108 valence electrons. The molecule has 0 spiro atoms. The Morgan fingerprint density at radius 1 is 1.32 bits per heavy atom. The van der Waals surface area contributed by atoms with Crippen molar-refractivity contribution in [3.8, 4) is 5.75 Å². The van der Waals surface area contributed by atoms with Crippen molar-refractivity contribution in [2.24, 2.45) is 11.1 Å². The van der Waals surface area contributed by atoms with Gasteiger partial charge in [0.25, 0.3) is 0 Å². The normalized spacial score (nSPS) is 13.3. The molecule has 1 rings (SSSR count). The predicted molar refractivity (Wildman–Crippen MR) is 77.8 cm³/mol. The molecule has 0 aliphatic heterocycles. The van der Waals surface area contributed by atoms with Crippen molar-refractivity contribution in [3.63, 3.8) is 0 Å². The number of benzene rings is 1. The lowest BCUT2D eigenvalue weighted by Gasteiger charge is -2.17. The van der Waals surface area contributed by atoms with Gasteiger partial charge in [0.1, 0.15) is 5.75 Å². The van der Waals surface area contributed by atoms with Gasteiger partial charge in [-0.25, -0.2) is 13.6 Å². The summed E-state index contributed by atoms with van der Waals surface area (Å²) in [6.07, 6.45) is 1.71. The predicted octanol–water partition coefficient (Wildman–Crippen LogP) is 2.39. The Bertz CT molecular complexity index is 511. The van der Waals surface area contributed by atoms with Crippen molar-refractivity contribution in [1.29, 1.82) is 0 Å². The maximum Gasteiger partial charge on any atom is 0.209 e. The highest BCUT2D eigenvalue weighted by molar-refractivity contribution is 7.89. The van der Waals surface area contributed by atoms with Crippen LogP contribution >= 0.6 is 0 Å². The summed E-state index contributed by atoms with van der Waals surface area (Å²) in [6.45, 7) is 6.43. The molecule has 0 heterocycles. The quantitative estimate of drug-likeness (QED) is 0.836. The van der Waals surface area contributed by atoms with E-state index in [2.05, 4.69) is 0 Å². The van der Waals surface area contributed by atoms with E-state index in [-0.39, 0.29) is 11.7 Å². The van der Waals surface area contributed by atoms with Crippen molar-refractivity contribution >= 4 is 10.0 Å². The molecule has 4 nitrogen and oxygen atoms in total. The Morgan fingerprint density at radius 2 is 2.00 bits per heavy atom. The molecule has 0 aliphatic rings. The summed E-state index contributed by atoms with van der Waals surface area (Å²) < 4.78 is 28.1. The van der Waals surface area contributed by atoms with Crippen LogP contribution in [0.3, 0.4) is 0 Å². The fraction of sp³-hybridized carbons (Fsp3) is 0.571. The average Bonchev–Trinajstić information content (AvgIpc) is 2.29. The number of hydrogen-bond acceptors (Lipinski definition) is 3. The van der Waals surface area contributed by atoms with E-state index in [0.29, 0.717) is 6.61 Å². The molecule has 0 saturated heterocycles. The van der Waals surface area contributed by atoms with Crippen LogP contribution in [0.15, 0.2) is 18.2 Å². The Morgan fingerprint density at radius 3 is 2.58 bits per heavy atom. The molecule has 1 unspecified atom stereocenters. The second-order valence-electron chi connectivity index (χ2n) is 4.99. The van der Waals surface area contributed by atoms with Gasteiger partial charge in [-0.2, -0.15) is 0 Å². The molecular weight excluding hydrogens is 262 g/mol. The lowest BCUT2D eigenvalue weighted by atomic mass is 10.1. The first-order chi connectivity index (χ1) is 8.83. The molecular formula is C14H23NO3S. The average molecular weight is 285 g/mol. The minimum Gasteiger partial charge on any atom is -0.493 e. The van der Waals surface area contributed by atoms with E-state index in [1.807, 2.05) is 39.0 Å². The third kappa shape index (κ3) is 5.61. The second-order valence-corrected chi connectivity index (χ2v) is 6.65.